The van der Waals surface area contributed by atoms with E-state index in [2.05, 4.69) is 20.2 Å². The Morgan fingerprint density at radius 1 is 1.25 bits per heavy atom. The number of rotatable bonds is 1. The maximum Gasteiger partial charge on any atom is 0.252 e. The van der Waals surface area contributed by atoms with Gasteiger partial charge in [0.25, 0.3) is 5.78 Å². The van der Waals surface area contributed by atoms with E-state index >= 15 is 0 Å². The Hall–Kier alpha value is -2.24. The van der Waals surface area contributed by atoms with Gasteiger partial charge in [0.15, 0.2) is 0 Å². The molecule has 6 heteroatoms. The number of aromatic nitrogens is 6. The fourth-order valence-corrected chi connectivity index (χ4v) is 1.79. The van der Waals surface area contributed by atoms with Crippen molar-refractivity contribution >= 4 is 5.78 Å². The fourth-order valence-electron chi connectivity index (χ4n) is 1.79. The van der Waals surface area contributed by atoms with Crippen LogP contribution in [0.1, 0.15) is 5.69 Å². The number of nitrogens with zero attached hydrogens (tertiary/aromatic N) is 6. The molecule has 0 aliphatic carbocycles. The van der Waals surface area contributed by atoms with Crippen LogP contribution >= 0.6 is 0 Å². The SMILES string of the molecule is Cc1nn(C)cc1-c1ccnc2ncnn12. The normalized spacial score (nSPS) is 11.1. The van der Waals surface area contributed by atoms with Crippen LogP contribution in [0.4, 0.5) is 0 Å². The highest BCUT2D eigenvalue weighted by Crippen LogP contribution is 2.21. The summed E-state index contributed by atoms with van der Waals surface area (Å²) in [6, 6.07) is 1.91. The van der Waals surface area contributed by atoms with Gasteiger partial charge in [0.1, 0.15) is 6.33 Å². The summed E-state index contributed by atoms with van der Waals surface area (Å²) in [7, 11) is 1.90. The van der Waals surface area contributed by atoms with E-state index in [-0.39, 0.29) is 0 Å². The molecule has 0 radical (unpaired) electrons. The molecule has 0 amide bonds. The molecule has 3 rings (SSSR count). The molecule has 0 saturated carbocycles. The van der Waals surface area contributed by atoms with Crippen LogP contribution in [0.25, 0.3) is 17.0 Å². The minimum absolute atomic E-state index is 0.598. The molecule has 0 N–H and O–H groups in total. The van der Waals surface area contributed by atoms with E-state index in [1.165, 1.54) is 6.33 Å². The molecule has 0 saturated heterocycles. The lowest BCUT2D eigenvalue weighted by molar-refractivity contribution is 0.756. The van der Waals surface area contributed by atoms with E-state index in [1.807, 2.05) is 26.2 Å². The minimum Gasteiger partial charge on any atom is -0.275 e. The van der Waals surface area contributed by atoms with Gasteiger partial charge >= 0.3 is 0 Å². The van der Waals surface area contributed by atoms with Crippen molar-refractivity contribution in [2.75, 3.05) is 0 Å². The zero-order valence-corrected chi connectivity index (χ0v) is 8.99. The highest BCUT2D eigenvalue weighted by molar-refractivity contribution is 5.62. The first-order valence-electron chi connectivity index (χ1n) is 4.91. The number of hydrogen-bond acceptors (Lipinski definition) is 4. The van der Waals surface area contributed by atoms with Gasteiger partial charge in [-0.15, -0.1) is 0 Å². The van der Waals surface area contributed by atoms with Crippen molar-refractivity contribution in [3.8, 4) is 11.3 Å². The van der Waals surface area contributed by atoms with E-state index in [0.29, 0.717) is 5.78 Å². The molecule has 0 aliphatic rings. The average Bonchev–Trinajstić information content (AvgIpc) is 2.84. The molecule has 16 heavy (non-hydrogen) atoms. The first kappa shape index (κ1) is 9.02. The predicted octanol–water partition coefficient (Wildman–Crippen LogP) is 0.833. The second kappa shape index (κ2) is 3.13. The summed E-state index contributed by atoms with van der Waals surface area (Å²) in [4.78, 5) is 8.18. The molecule has 3 aromatic rings. The van der Waals surface area contributed by atoms with Crippen LogP contribution in [0.3, 0.4) is 0 Å². The van der Waals surface area contributed by atoms with Crippen LogP contribution in [0.5, 0.6) is 0 Å². The van der Waals surface area contributed by atoms with Crippen LogP contribution in [0.2, 0.25) is 0 Å². The van der Waals surface area contributed by atoms with Crippen molar-refractivity contribution in [3.05, 3.63) is 30.5 Å². The largest absolute Gasteiger partial charge is 0.275 e. The predicted molar refractivity (Wildman–Crippen MR) is 57.7 cm³/mol. The Balaban J connectivity index is 2.33. The summed E-state index contributed by atoms with van der Waals surface area (Å²) >= 11 is 0. The number of fused-ring (bicyclic) bond motifs is 1. The maximum absolute atomic E-state index is 4.31. The molecule has 80 valence electrons. The van der Waals surface area contributed by atoms with Crippen LogP contribution in [0, 0.1) is 6.92 Å². The Bertz CT molecular complexity index is 650. The fraction of sp³-hybridized carbons (Fsp3) is 0.200. The molecule has 0 aromatic carbocycles. The lowest BCUT2D eigenvalue weighted by atomic mass is 10.2. The average molecular weight is 214 g/mol. The van der Waals surface area contributed by atoms with Gasteiger partial charge in [0, 0.05) is 25.0 Å². The first-order valence-corrected chi connectivity index (χ1v) is 4.91. The highest BCUT2D eigenvalue weighted by atomic mass is 15.3. The smallest absolute Gasteiger partial charge is 0.252 e. The number of hydrogen-bond donors (Lipinski definition) is 0. The summed E-state index contributed by atoms with van der Waals surface area (Å²) in [5.74, 6) is 0.598. The Kier molecular flexibility index (Phi) is 1.76. The second-order valence-corrected chi connectivity index (χ2v) is 3.60. The van der Waals surface area contributed by atoms with Crippen molar-refractivity contribution in [1.29, 1.82) is 0 Å². The molecule has 3 heterocycles. The molecule has 0 aliphatic heterocycles. The van der Waals surface area contributed by atoms with Crippen LogP contribution in [-0.2, 0) is 7.05 Å². The van der Waals surface area contributed by atoms with Gasteiger partial charge < -0.3 is 0 Å². The lowest BCUT2D eigenvalue weighted by Crippen LogP contribution is -1.95. The van der Waals surface area contributed by atoms with Crippen molar-refractivity contribution in [2.45, 2.75) is 6.92 Å². The molecule has 0 unspecified atom stereocenters. The van der Waals surface area contributed by atoms with E-state index in [4.69, 9.17) is 0 Å². The molecule has 0 bridgehead atoms. The molecule has 0 atom stereocenters. The highest BCUT2D eigenvalue weighted by Gasteiger charge is 2.10. The van der Waals surface area contributed by atoms with Crippen molar-refractivity contribution < 1.29 is 0 Å². The third-order valence-electron chi connectivity index (χ3n) is 2.47. The van der Waals surface area contributed by atoms with Gasteiger partial charge in [-0.1, -0.05) is 0 Å². The van der Waals surface area contributed by atoms with Crippen molar-refractivity contribution in [3.63, 3.8) is 0 Å². The van der Waals surface area contributed by atoms with Gasteiger partial charge in [0.05, 0.1) is 11.4 Å². The van der Waals surface area contributed by atoms with Gasteiger partial charge in [-0.05, 0) is 13.0 Å². The van der Waals surface area contributed by atoms with Gasteiger partial charge in [0.2, 0.25) is 0 Å². The summed E-state index contributed by atoms with van der Waals surface area (Å²) in [6.07, 6.45) is 5.19. The van der Waals surface area contributed by atoms with Crippen LogP contribution in [-0.4, -0.2) is 29.4 Å². The van der Waals surface area contributed by atoms with Gasteiger partial charge in [-0.25, -0.2) is 4.98 Å². The Labute approximate surface area is 91.6 Å². The zero-order chi connectivity index (χ0) is 11.1. The maximum atomic E-state index is 4.31. The first-order chi connectivity index (χ1) is 7.75. The summed E-state index contributed by atoms with van der Waals surface area (Å²) in [5.41, 5.74) is 2.96. The zero-order valence-electron chi connectivity index (χ0n) is 8.99. The molecule has 0 fully saturated rings. The Morgan fingerprint density at radius 2 is 2.12 bits per heavy atom. The Morgan fingerprint density at radius 3 is 2.88 bits per heavy atom. The van der Waals surface area contributed by atoms with Crippen molar-refractivity contribution in [2.24, 2.45) is 7.05 Å². The monoisotopic (exact) mass is 214 g/mol. The third kappa shape index (κ3) is 1.19. The van der Waals surface area contributed by atoms with Crippen LogP contribution < -0.4 is 0 Å². The quantitative estimate of drug-likeness (QED) is 0.602. The number of aryl methyl sites for hydroxylation is 2. The molecule has 6 nitrogen and oxygen atoms in total. The summed E-state index contributed by atoms with van der Waals surface area (Å²) in [5, 5.41) is 8.46. The van der Waals surface area contributed by atoms with E-state index < -0.39 is 0 Å². The molecular weight excluding hydrogens is 204 g/mol. The van der Waals surface area contributed by atoms with Gasteiger partial charge in [-0.2, -0.15) is 19.7 Å². The van der Waals surface area contributed by atoms with Crippen LogP contribution in [0.15, 0.2) is 24.8 Å². The standard InChI is InChI=1S/C10H10N6/c1-7-8(5-15(2)14-7)9-3-4-11-10-12-6-13-16(9)10/h3-6H,1-2H3. The second-order valence-electron chi connectivity index (χ2n) is 3.60. The molecule has 3 aromatic heterocycles. The lowest BCUT2D eigenvalue weighted by Gasteiger charge is -2.00. The van der Waals surface area contributed by atoms with E-state index in [9.17, 15) is 0 Å². The third-order valence-corrected chi connectivity index (χ3v) is 2.47. The van der Waals surface area contributed by atoms with E-state index in [1.54, 1.807) is 15.4 Å². The van der Waals surface area contributed by atoms with Gasteiger partial charge in [-0.3, -0.25) is 4.68 Å². The molecular formula is C10H10N6. The summed E-state index contributed by atoms with van der Waals surface area (Å²) < 4.78 is 3.50. The van der Waals surface area contributed by atoms with E-state index in [0.717, 1.165) is 17.0 Å². The van der Waals surface area contributed by atoms with Crippen molar-refractivity contribution in [1.82, 2.24) is 29.4 Å². The topological polar surface area (TPSA) is 60.9 Å². The summed E-state index contributed by atoms with van der Waals surface area (Å²) in [6.45, 7) is 1.97. The minimum atomic E-state index is 0.598. The molecule has 0 spiro atoms.